The fourth-order valence-electron chi connectivity index (χ4n) is 1.87. The van der Waals surface area contributed by atoms with Crippen LogP contribution in [0.5, 0.6) is 5.88 Å². The molecule has 1 heterocycles. The molecule has 1 aromatic carbocycles. The Balaban J connectivity index is 2.30. The van der Waals surface area contributed by atoms with Crippen LogP contribution in [-0.4, -0.2) is 14.9 Å². The van der Waals surface area contributed by atoms with E-state index in [9.17, 15) is 5.11 Å². The fraction of sp³-hybridized carbons (Fsp3) is 0.357. The quantitative estimate of drug-likeness (QED) is 0.874. The van der Waals surface area contributed by atoms with Crippen molar-refractivity contribution in [3.63, 3.8) is 0 Å². The second kappa shape index (κ2) is 5.04. The Morgan fingerprint density at radius 3 is 2.88 bits per heavy atom. The van der Waals surface area contributed by atoms with Gasteiger partial charge in [0, 0.05) is 6.54 Å². The molecule has 2 rings (SSSR count). The predicted molar refractivity (Wildman–Crippen MR) is 69.0 cm³/mol. The van der Waals surface area contributed by atoms with Gasteiger partial charge in [0.2, 0.25) is 5.88 Å². The van der Waals surface area contributed by atoms with Crippen molar-refractivity contribution in [2.75, 3.05) is 0 Å². The number of aryl methyl sites for hydroxylation is 2. The maximum Gasteiger partial charge on any atom is 0.217 e. The van der Waals surface area contributed by atoms with Gasteiger partial charge in [-0.3, -0.25) is 0 Å². The van der Waals surface area contributed by atoms with Crippen molar-refractivity contribution in [3.05, 3.63) is 36.0 Å². The highest BCUT2D eigenvalue weighted by Crippen LogP contribution is 2.29. The first-order valence-corrected chi connectivity index (χ1v) is 6.04. The number of hydrogen-bond acceptors (Lipinski definition) is 2. The highest BCUT2D eigenvalue weighted by atomic mass is 16.3. The Labute approximate surface area is 102 Å². The number of nitrogens with zero attached hydrogens (tertiary/aromatic N) is 2. The number of unbranched alkanes of at least 4 members (excludes halogenated alkanes) is 1. The molecule has 2 aromatic rings. The summed E-state index contributed by atoms with van der Waals surface area (Å²) in [5.74, 6) is 0.268. The zero-order chi connectivity index (χ0) is 12.3. The Morgan fingerprint density at radius 2 is 2.18 bits per heavy atom. The summed E-state index contributed by atoms with van der Waals surface area (Å²) < 4.78 is 1.67. The van der Waals surface area contributed by atoms with Gasteiger partial charge in [-0.2, -0.15) is 5.10 Å². The summed E-state index contributed by atoms with van der Waals surface area (Å²) in [6.45, 7) is 4.94. The average molecular weight is 230 g/mol. The van der Waals surface area contributed by atoms with Gasteiger partial charge < -0.3 is 5.11 Å². The highest BCUT2D eigenvalue weighted by Gasteiger charge is 2.10. The first-order valence-electron chi connectivity index (χ1n) is 6.04. The monoisotopic (exact) mass is 230 g/mol. The van der Waals surface area contributed by atoms with Crippen molar-refractivity contribution in [3.8, 4) is 17.0 Å². The Morgan fingerprint density at radius 1 is 1.35 bits per heavy atom. The normalized spacial score (nSPS) is 10.7. The number of hydrogen-bond donors (Lipinski definition) is 1. The third-order valence-electron chi connectivity index (χ3n) is 2.86. The summed E-state index contributed by atoms with van der Waals surface area (Å²) in [5.41, 5.74) is 3.01. The summed E-state index contributed by atoms with van der Waals surface area (Å²) in [7, 11) is 0. The molecular weight excluding hydrogens is 212 g/mol. The zero-order valence-corrected chi connectivity index (χ0v) is 10.3. The molecule has 1 N–H and O–H groups in total. The molecule has 0 aliphatic rings. The minimum absolute atomic E-state index is 0.268. The van der Waals surface area contributed by atoms with Gasteiger partial charge in [0.05, 0.1) is 11.8 Å². The van der Waals surface area contributed by atoms with Gasteiger partial charge in [0.25, 0.3) is 0 Å². The Kier molecular flexibility index (Phi) is 3.47. The lowest BCUT2D eigenvalue weighted by Gasteiger charge is -2.03. The third-order valence-corrected chi connectivity index (χ3v) is 2.86. The summed E-state index contributed by atoms with van der Waals surface area (Å²) >= 11 is 0. The number of aromatic hydroxyl groups is 1. The van der Waals surface area contributed by atoms with E-state index in [-0.39, 0.29) is 5.88 Å². The standard InChI is InChI=1S/C14H18N2O/c1-3-4-8-16-14(17)13(10-15-16)12-7-5-6-11(2)9-12/h5-7,9-10,17H,3-4,8H2,1-2H3. The molecule has 0 saturated heterocycles. The van der Waals surface area contributed by atoms with Crippen LogP contribution < -0.4 is 0 Å². The van der Waals surface area contributed by atoms with Crippen LogP contribution >= 0.6 is 0 Å². The van der Waals surface area contributed by atoms with Crippen molar-refractivity contribution < 1.29 is 5.11 Å². The van der Waals surface area contributed by atoms with Crippen LogP contribution in [0, 0.1) is 6.92 Å². The van der Waals surface area contributed by atoms with Gasteiger partial charge >= 0.3 is 0 Å². The van der Waals surface area contributed by atoms with Gasteiger partial charge in [-0.15, -0.1) is 0 Å². The summed E-state index contributed by atoms with van der Waals surface area (Å²) in [6.07, 6.45) is 3.86. The molecule has 17 heavy (non-hydrogen) atoms. The van der Waals surface area contributed by atoms with Crippen molar-refractivity contribution in [2.45, 2.75) is 33.2 Å². The minimum atomic E-state index is 0.268. The lowest BCUT2D eigenvalue weighted by molar-refractivity contribution is 0.395. The van der Waals surface area contributed by atoms with E-state index in [1.807, 2.05) is 25.1 Å². The molecule has 0 radical (unpaired) electrons. The molecule has 0 saturated carbocycles. The molecule has 3 nitrogen and oxygen atoms in total. The van der Waals surface area contributed by atoms with E-state index >= 15 is 0 Å². The van der Waals surface area contributed by atoms with E-state index < -0.39 is 0 Å². The van der Waals surface area contributed by atoms with Crippen LogP contribution in [0.2, 0.25) is 0 Å². The van der Waals surface area contributed by atoms with E-state index in [0.717, 1.165) is 30.5 Å². The molecule has 3 heteroatoms. The molecule has 0 aliphatic carbocycles. The number of benzene rings is 1. The van der Waals surface area contributed by atoms with Gasteiger partial charge in [-0.1, -0.05) is 43.2 Å². The van der Waals surface area contributed by atoms with Crippen molar-refractivity contribution in [1.82, 2.24) is 9.78 Å². The van der Waals surface area contributed by atoms with Crippen molar-refractivity contribution >= 4 is 0 Å². The van der Waals surface area contributed by atoms with E-state index in [4.69, 9.17) is 0 Å². The van der Waals surface area contributed by atoms with Gasteiger partial charge in [-0.05, 0) is 18.9 Å². The van der Waals surface area contributed by atoms with Crippen molar-refractivity contribution in [2.24, 2.45) is 0 Å². The van der Waals surface area contributed by atoms with Crippen LogP contribution in [0.4, 0.5) is 0 Å². The Hall–Kier alpha value is -1.77. The molecular formula is C14H18N2O. The smallest absolute Gasteiger partial charge is 0.217 e. The average Bonchev–Trinajstić information content (AvgIpc) is 2.68. The van der Waals surface area contributed by atoms with E-state index in [0.29, 0.717) is 0 Å². The van der Waals surface area contributed by atoms with Gasteiger partial charge in [-0.25, -0.2) is 4.68 Å². The zero-order valence-electron chi connectivity index (χ0n) is 10.3. The maximum absolute atomic E-state index is 10.1. The molecule has 0 bridgehead atoms. The van der Waals surface area contributed by atoms with E-state index in [1.165, 1.54) is 5.56 Å². The topological polar surface area (TPSA) is 38.0 Å². The molecule has 90 valence electrons. The summed E-state index contributed by atoms with van der Waals surface area (Å²) in [5, 5.41) is 14.3. The maximum atomic E-state index is 10.1. The van der Waals surface area contributed by atoms with Gasteiger partial charge in [0.15, 0.2) is 0 Å². The molecule has 0 atom stereocenters. The van der Waals surface area contributed by atoms with Crippen molar-refractivity contribution in [1.29, 1.82) is 0 Å². The second-order valence-electron chi connectivity index (χ2n) is 4.33. The first-order chi connectivity index (χ1) is 8.22. The van der Waals surface area contributed by atoms with E-state index in [1.54, 1.807) is 10.9 Å². The van der Waals surface area contributed by atoms with Crippen LogP contribution in [0.25, 0.3) is 11.1 Å². The molecule has 0 fully saturated rings. The largest absolute Gasteiger partial charge is 0.493 e. The van der Waals surface area contributed by atoms with Crippen LogP contribution in [0.1, 0.15) is 25.3 Å². The predicted octanol–water partition coefficient (Wildman–Crippen LogP) is 3.36. The number of rotatable bonds is 4. The molecule has 0 unspecified atom stereocenters. The Bertz CT molecular complexity index is 503. The van der Waals surface area contributed by atoms with E-state index in [2.05, 4.69) is 18.1 Å². The highest BCUT2D eigenvalue weighted by molar-refractivity contribution is 5.68. The van der Waals surface area contributed by atoms with Crippen LogP contribution in [0.3, 0.4) is 0 Å². The molecule has 0 aliphatic heterocycles. The molecule has 1 aromatic heterocycles. The van der Waals surface area contributed by atoms with Crippen LogP contribution in [-0.2, 0) is 6.54 Å². The fourth-order valence-corrected chi connectivity index (χ4v) is 1.87. The summed E-state index contributed by atoms with van der Waals surface area (Å²) in [6, 6.07) is 8.09. The molecule has 0 spiro atoms. The second-order valence-corrected chi connectivity index (χ2v) is 4.33. The minimum Gasteiger partial charge on any atom is -0.493 e. The molecule has 0 amide bonds. The first kappa shape index (κ1) is 11.7. The number of aromatic nitrogens is 2. The lowest BCUT2D eigenvalue weighted by atomic mass is 10.1. The SMILES string of the molecule is CCCCn1ncc(-c2cccc(C)c2)c1O. The van der Waals surface area contributed by atoms with Gasteiger partial charge in [0.1, 0.15) is 0 Å². The third kappa shape index (κ3) is 2.49. The van der Waals surface area contributed by atoms with Crippen LogP contribution in [0.15, 0.2) is 30.5 Å². The summed E-state index contributed by atoms with van der Waals surface area (Å²) in [4.78, 5) is 0. The lowest BCUT2D eigenvalue weighted by Crippen LogP contribution is -1.98.